The summed E-state index contributed by atoms with van der Waals surface area (Å²) in [4.78, 5) is 19.6. The SMILES string of the molecule is CCCCCCCCCCCCCCCCCCO.O=C(O)CCCC(=O)O. The molecule has 0 aromatic heterocycles. The lowest BCUT2D eigenvalue weighted by Gasteiger charge is -2.03. The first-order chi connectivity index (χ1) is 13.5. The third-order valence-corrected chi connectivity index (χ3v) is 4.79. The fourth-order valence-electron chi connectivity index (χ4n) is 3.05. The third kappa shape index (κ3) is 32.6. The monoisotopic (exact) mass is 402 g/mol. The molecular weight excluding hydrogens is 356 g/mol. The number of carboxylic acids is 2. The number of hydrogen-bond acceptors (Lipinski definition) is 3. The Bertz CT molecular complexity index is 301. The number of hydrogen-bond donors (Lipinski definition) is 3. The molecule has 5 heteroatoms. The summed E-state index contributed by atoms with van der Waals surface area (Å²) >= 11 is 0. The van der Waals surface area contributed by atoms with Crippen molar-refractivity contribution in [3.63, 3.8) is 0 Å². The number of aliphatic hydroxyl groups excluding tert-OH is 1. The normalized spacial score (nSPS) is 10.4. The van der Waals surface area contributed by atoms with Gasteiger partial charge in [-0.2, -0.15) is 0 Å². The Labute approximate surface area is 172 Å². The highest BCUT2D eigenvalue weighted by molar-refractivity contribution is 5.69. The van der Waals surface area contributed by atoms with E-state index in [4.69, 9.17) is 15.3 Å². The fourth-order valence-corrected chi connectivity index (χ4v) is 3.05. The van der Waals surface area contributed by atoms with Crippen LogP contribution in [-0.2, 0) is 9.59 Å². The van der Waals surface area contributed by atoms with E-state index in [1.807, 2.05) is 0 Å². The summed E-state index contributed by atoms with van der Waals surface area (Å²) in [5.41, 5.74) is 0. The molecule has 0 aromatic rings. The van der Waals surface area contributed by atoms with E-state index < -0.39 is 11.9 Å². The van der Waals surface area contributed by atoms with Crippen molar-refractivity contribution in [3.05, 3.63) is 0 Å². The molecule has 0 saturated carbocycles. The molecular formula is C23H46O5. The van der Waals surface area contributed by atoms with Crippen molar-refractivity contribution in [3.8, 4) is 0 Å². The zero-order valence-corrected chi connectivity index (χ0v) is 18.3. The van der Waals surface area contributed by atoms with Crippen LogP contribution in [-0.4, -0.2) is 33.9 Å². The molecule has 5 nitrogen and oxygen atoms in total. The first kappa shape index (κ1) is 29.1. The van der Waals surface area contributed by atoms with Gasteiger partial charge in [-0.1, -0.05) is 103 Å². The molecule has 0 aliphatic heterocycles. The topological polar surface area (TPSA) is 94.8 Å². The standard InChI is InChI=1S/C18H38O.C5H8O4/c1-2-3-4-5-6-7-8-9-10-11-12-13-14-15-16-17-18-19;6-4(7)2-1-3-5(8)9/h19H,2-18H2,1H3;1-3H2,(H,6,7)(H,8,9). The van der Waals surface area contributed by atoms with Gasteiger partial charge >= 0.3 is 11.9 Å². The molecule has 0 amide bonds. The molecule has 0 aliphatic rings. The van der Waals surface area contributed by atoms with Crippen molar-refractivity contribution < 1.29 is 24.9 Å². The number of carboxylic acid groups (broad SMARTS) is 2. The highest BCUT2D eigenvalue weighted by Gasteiger charge is 1.99. The molecule has 0 rings (SSSR count). The molecule has 0 aliphatic carbocycles. The minimum Gasteiger partial charge on any atom is -0.481 e. The summed E-state index contributed by atoms with van der Waals surface area (Å²) < 4.78 is 0. The zero-order valence-electron chi connectivity index (χ0n) is 18.3. The smallest absolute Gasteiger partial charge is 0.303 e. The number of aliphatic hydroxyl groups is 1. The summed E-state index contributed by atoms with van der Waals surface area (Å²) in [6.07, 6.45) is 22.3. The molecule has 0 saturated heterocycles. The molecule has 28 heavy (non-hydrogen) atoms. The fraction of sp³-hybridized carbons (Fsp3) is 0.913. The second-order valence-corrected chi connectivity index (χ2v) is 7.67. The lowest BCUT2D eigenvalue weighted by Crippen LogP contribution is -1.98. The van der Waals surface area contributed by atoms with Crippen LogP contribution in [0.3, 0.4) is 0 Å². The number of rotatable bonds is 20. The van der Waals surface area contributed by atoms with Gasteiger partial charge < -0.3 is 15.3 Å². The molecule has 0 bridgehead atoms. The van der Waals surface area contributed by atoms with Crippen molar-refractivity contribution in [2.24, 2.45) is 0 Å². The van der Waals surface area contributed by atoms with Crippen LogP contribution in [0, 0.1) is 0 Å². The highest BCUT2D eigenvalue weighted by atomic mass is 16.4. The van der Waals surface area contributed by atoms with E-state index in [1.165, 1.54) is 96.3 Å². The van der Waals surface area contributed by atoms with E-state index in [-0.39, 0.29) is 19.3 Å². The molecule has 3 N–H and O–H groups in total. The van der Waals surface area contributed by atoms with Crippen LogP contribution in [0.1, 0.15) is 129 Å². The van der Waals surface area contributed by atoms with E-state index in [0.717, 1.165) is 6.42 Å². The lowest BCUT2D eigenvalue weighted by atomic mass is 10.0. The molecule has 0 fully saturated rings. The molecule has 0 radical (unpaired) electrons. The van der Waals surface area contributed by atoms with Gasteiger partial charge in [0, 0.05) is 19.4 Å². The summed E-state index contributed by atoms with van der Waals surface area (Å²) in [5, 5.41) is 24.7. The Hall–Kier alpha value is -1.10. The molecule has 0 unspecified atom stereocenters. The quantitative estimate of drug-likeness (QED) is 0.200. The van der Waals surface area contributed by atoms with Crippen LogP contribution in [0.5, 0.6) is 0 Å². The first-order valence-corrected chi connectivity index (χ1v) is 11.6. The van der Waals surface area contributed by atoms with Gasteiger partial charge in [0.2, 0.25) is 0 Å². The van der Waals surface area contributed by atoms with Crippen molar-refractivity contribution in [1.82, 2.24) is 0 Å². The Morgan fingerprint density at radius 3 is 1.04 bits per heavy atom. The van der Waals surface area contributed by atoms with E-state index in [2.05, 4.69) is 6.92 Å². The van der Waals surface area contributed by atoms with Crippen LogP contribution < -0.4 is 0 Å². The maximum absolute atomic E-state index is 9.79. The maximum Gasteiger partial charge on any atom is 0.303 e. The van der Waals surface area contributed by atoms with Gasteiger partial charge in [-0.25, -0.2) is 0 Å². The number of unbranched alkanes of at least 4 members (excludes halogenated alkanes) is 15. The molecule has 168 valence electrons. The maximum atomic E-state index is 9.79. The second-order valence-electron chi connectivity index (χ2n) is 7.67. The first-order valence-electron chi connectivity index (χ1n) is 11.6. The molecule has 0 atom stereocenters. The average Bonchev–Trinajstić information content (AvgIpc) is 2.65. The van der Waals surface area contributed by atoms with Gasteiger partial charge in [0.05, 0.1) is 0 Å². The van der Waals surface area contributed by atoms with Crippen LogP contribution >= 0.6 is 0 Å². The Morgan fingerprint density at radius 1 is 0.500 bits per heavy atom. The van der Waals surface area contributed by atoms with Gasteiger partial charge in [-0.15, -0.1) is 0 Å². The third-order valence-electron chi connectivity index (χ3n) is 4.79. The van der Waals surface area contributed by atoms with Gasteiger partial charge in [0.25, 0.3) is 0 Å². The van der Waals surface area contributed by atoms with Gasteiger partial charge in [-0.3, -0.25) is 9.59 Å². The summed E-state index contributed by atoms with van der Waals surface area (Å²) in [7, 11) is 0. The van der Waals surface area contributed by atoms with Crippen molar-refractivity contribution in [1.29, 1.82) is 0 Å². The van der Waals surface area contributed by atoms with Crippen LogP contribution in [0.2, 0.25) is 0 Å². The average molecular weight is 403 g/mol. The predicted molar refractivity (Wildman–Crippen MR) is 116 cm³/mol. The van der Waals surface area contributed by atoms with E-state index in [0.29, 0.717) is 6.61 Å². The van der Waals surface area contributed by atoms with E-state index >= 15 is 0 Å². The Kier molecular flexibility index (Phi) is 26.9. The van der Waals surface area contributed by atoms with Gasteiger partial charge in [0.15, 0.2) is 0 Å². The summed E-state index contributed by atoms with van der Waals surface area (Å²) in [6, 6.07) is 0. The molecule has 0 spiro atoms. The summed E-state index contributed by atoms with van der Waals surface area (Å²) in [6.45, 7) is 2.66. The van der Waals surface area contributed by atoms with E-state index in [1.54, 1.807) is 0 Å². The van der Waals surface area contributed by atoms with Crippen LogP contribution in [0.15, 0.2) is 0 Å². The molecule has 0 heterocycles. The largest absolute Gasteiger partial charge is 0.481 e. The van der Waals surface area contributed by atoms with E-state index in [9.17, 15) is 9.59 Å². The minimum atomic E-state index is -0.948. The second kappa shape index (κ2) is 25.9. The van der Waals surface area contributed by atoms with Crippen LogP contribution in [0.25, 0.3) is 0 Å². The molecule has 0 aromatic carbocycles. The van der Waals surface area contributed by atoms with Crippen LogP contribution in [0.4, 0.5) is 0 Å². The van der Waals surface area contributed by atoms with Crippen molar-refractivity contribution >= 4 is 11.9 Å². The minimum absolute atomic E-state index is 0.0632. The zero-order chi connectivity index (χ0) is 21.3. The van der Waals surface area contributed by atoms with Crippen molar-refractivity contribution in [2.45, 2.75) is 129 Å². The lowest BCUT2D eigenvalue weighted by molar-refractivity contribution is -0.138. The van der Waals surface area contributed by atoms with Gasteiger partial charge in [-0.05, 0) is 12.8 Å². The Morgan fingerprint density at radius 2 is 0.786 bits per heavy atom. The highest BCUT2D eigenvalue weighted by Crippen LogP contribution is 2.13. The predicted octanol–water partition coefficient (Wildman–Crippen LogP) is 6.57. The number of aliphatic carboxylic acids is 2. The Balaban J connectivity index is 0. The van der Waals surface area contributed by atoms with Crippen molar-refractivity contribution in [2.75, 3.05) is 6.61 Å². The summed E-state index contributed by atoms with van der Waals surface area (Å²) in [5.74, 6) is -1.90. The van der Waals surface area contributed by atoms with Gasteiger partial charge in [0.1, 0.15) is 0 Å². The number of carbonyl (C=O) groups is 2.